The van der Waals surface area contributed by atoms with Crippen molar-refractivity contribution in [2.45, 2.75) is 26.0 Å². The standard InChI is InChI=1S/C11H15NO/c1-9-6-7-12(9)11-4-2-10(8-13)3-5-11/h2-5,9,13H,6-8H2,1H3. The van der Waals surface area contributed by atoms with Gasteiger partial charge >= 0.3 is 0 Å². The van der Waals surface area contributed by atoms with Crippen LogP contribution in [0.25, 0.3) is 0 Å². The minimum Gasteiger partial charge on any atom is -0.392 e. The molecule has 1 heterocycles. The summed E-state index contributed by atoms with van der Waals surface area (Å²) in [5.41, 5.74) is 2.26. The monoisotopic (exact) mass is 177 g/mol. The van der Waals surface area contributed by atoms with Gasteiger partial charge in [0.15, 0.2) is 0 Å². The van der Waals surface area contributed by atoms with Gasteiger partial charge in [-0.25, -0.2) is 0 Å². The molecule has 2 heteroatoms. The van der Waals surface area contributed by atoms with E-state index in [2.05, 4.69) is 24.0 Å². The van der Waals surface area contributed by atoms with E-state index >= 15 is 0 Å². The Morgan fingerprint density at radius 2 is 2.08 bits per heavy atom. The molecule has 0 radical (unpaired) electrons. The number of aliphatic hydroxyl groups is 1. The normalized spacial score (nSPS) is 21.4. The molecule has 0 aromatic heterocycles. The van der Waals surface area contributed by atoms with E-state index in [-0.39, 0.29) is 6.61 Å². The van der Waals surface area contributed by atoms with Crippen molar-refractivity contribution in [3.05, 3.63) is 29.8 Å². The van der Waals surface area contributed by atoms with Crippen LogP contribution < -0.4 is 4.90 Å². The van der Waals surface area contributed by atoms with Gasteiger partial charge < -0.3 is 10.0 Å². The zero-order valence-electron chi connectivity index (χ0n) is 7.90. The summed E-state index contributed by atoms with van der Waals surface area (Å²) in [6.45, 7) is 3.54. The lowest BCUT2D eigenvalue weighted by atomic mass is 10.0. The third-order valence-corrected chi connectivity index (χ3v) is 2.77. The summed E-state index contributed by atoms with van der Waals surface area (Å²) in [4.78, 5) is 2.38. The van der Waals surface area contributed by atoms with Crippen LogP contribution in [0, 0.1) is 0 Å². The van der Waals surface area contributed by atoms with Gasteiger partial charge in [0.1, 0.15) is 0 Å². The second-order valence-electron chi connectivity index (χ2n) is 3.66. The first kappa shape index (κ1) is 8.57. The molecular formula is C11H15NO. The van der Waals surface area contributed by atoms with E-state index in [0.29, 0.717) is 6.04 Å². The maximum absolute atomic E-state index is 8.88. The molecule has 1 unspecified atom stereocenters. The molecule has 2 nitrogen and oxygen atoms in total. The lowest BCUT2D eigenvalue weighted by Crippen LogP contribution is -2.45. The van der Waals surface area contributed by atoms with Crippen molar-refractivity contribution in [3.8, 4) is 0 Å². The number of hydrogen-bond donors (Lipinski definition) is 1. The van der Waals surface area contributed by atoms with Gasteiger partial charge in [0.25, 0.3) is 0 Å². The molecule has 1 N–H and O–H groups in total. The number of hydrogen-bond acceptors (Lipinski definition) is 2. The van der Waals surface area contributed by atoms with Gasteiger partial charge in [0.05, 0.1) is 6.61 Å². The van der Waals surface area contributed by atoms with Crippen LogP contribution in [0.15, 0.2) is 24.3 Å². The molecule has 1 fully saturated rings. The Morgan fingerprint density at radius 3 is 2.46 bits per heavy atom. The molecule has 0 saturated carbocycles. The fraction of sp³-hybridized carbons (Fsp3) is 0.455. The zero-order valence-corrected chi connectivity index (χ0v) is 7.90. The predicted molar refractivity (Wildman–Crippen MR) is 53.8 cm³/mol. The van der Waals surface area contributed by atoms with Gasteiger partial charge in [-0.2, -0.15) is 0 Å². The average Bonchev–Trinajstić information content (AvgIpc) is 2.17. The number of nitrogens with zero attached hydrogens (tertiary/aromatic N) is 1. The molecule has 1 aromatic carbocycles. The first-order valence-corrected chi connectivity index (χ1v) is 4.77. The van der Waals surface area contributed by atoms with Crippen molar-refractivity contribution in [1.82, 2.24) is 0 Å². The van der Waals surface area contributed by atoms with Crippen LogP contribution >= 0.6 is 0 Å². The summed E-state index contributed by atoms with van der Waals surface area (Å²) in [6, 6.07) is 8.82. The number of rotatable bonds is 2. The van der Waals surface area contributed by atoms with E-state index in [9.17, 15) is 0 Å². The van der Waals surface area contributed by atoms with Gasteiger partial charge in [0, 0.05) is 18.3 Å². The lowest BCUT2D eigenvalue weighted by Gasteiger charge is -2.40. The third kappa shape index (κ3) is 1.54. The third-order valence-electron chi connectivity index (χ3n) is 2.77. The van der Waals surface area contributed by atoms with Gasteiger partial charge in [-0.1, -0.05) is 12.1 Å². The van der Waals surface area contributed by atoms with E-state index in [1.165, 1.54) is 18.7 Å². The SMILES string of the molecule is CC1CCN1c1ccc(CO)cc1. The lowest BCUT2D eigenvalue weighted by molar-refractivity contribution is 0.282. The summed E-state index contributed by atoms with van der Waals surface area (Å²) in [7, 11) is 0. The van der Waals surface area contributed by atoms with Crippen molar-refractivity contribution in [2.75, 3.05) is 11.4 Å². The summed E-state index contributed by atoms with van der Waals surface area (Å²) in [5, 5.41) is 8.88. The van der Waals surface area contributed by atoms with Crippen LogP contribution in [-0.2, 0) is 6.61 Å². The Balaban J connectivity index is 2.13. The molecule has 0 spiro atoms. The van der Waals surface area contributed by atoms with E-state index in [0.717, 1.165) is 5.56 Å². The molecule has 1 aliphatic heterocycles. The molecule has 1 atom stereocenters. The second-order valence-corrected chi connectivity index (χ2v) is 3.66. The zero-order chi connectivity index (χ0) is 9.26. The summed E-state index contributed by atoms with van der Waals surface area (Å²) in [6.07, 6.45) is 1.29. The maximum Gasteiger partial charge on any atom is 0.0681 e. The summed E-state index contributed by atoms with van der Waals surface area (Å²) < 4.78 is 0. The highest BCUT2D eigenvalue weighted by atomic mass is 16.3. The Hall–Kier alpha value is -1.02. The summed E-state index contributed by atoms with van der Waals surface area (Å²) in [5.74, 6) is 0. The number of anilines is 1. The Kier molecular flexibility index (Phi) is 2.23. The fourth-order valence-corrected chi connectivity index (χ4v) is 1.69. The molecule has 1 saturated heterocycles. The van der Waals surface area contributed by atoms with Crippen LogP contribution in [0.1, 0.15) is 18.9 Å². The van der Waals surface area contributed by atoms with Crippen LogP contribution in [0.3, 0.4) is 0 Å². The molecule has 13 heavy (non-hydrogen) atoms. The first-order chi connectivity index (χ1) is 6.31. The second kappa shape index (κ2) is 3.38. The maximum atomic E-state index is 8.88. The fourth-order valence-electron chi connectivity index (χ4n) is 1.69. The molecule has 0 amide bonds. The minimum absolute atomic E-state index is 0.135. The molecule has 2 rings (SSSR count). The van der Waals surface area contributed by atoms with Crippen LogP contribution in [0.2, 0.25) is 0 Å². The summed E-state index contributed by atoms with van der Waals surface area (Å²) >= 11 is 0. The van der Waals surface area contributed by atoms with E-state index in [1.807, 2.05) is 12.1 Å². The highest BCUT2D eigenvalue weighted by Crippen LogP contribution is 2.25. The average molecular weight is 177 g/mol. The smallest absolute Gasteiger partial charge is 0.0681 e. The van der Waals surface area contributed by atoms with Gasteiger partial charge in [-0.05, 0) is 31.0 Å². The van der Waals surface area contributed by atoms with Crippen molar-refractivity contribution < 1.29 is 5.11 Å². The Morgan fingerprint density at radius 1 is 1.38 bits per heavy atom. The van der Waals surface area contributed by atoms with Crippen LogP contribution in [0.4, 0.5) is 5.69 Å². The quantitative estimate of drug-likeness (QED) is 0.744. The number of benzene rings is 1. The molecule has 0 bridgehead atoms. The van der Waals surface area contributed by atoms with E-state index in [4.69, 9.17) is 5.11 Å². The number of aliphatic hydroxyl groups excluding tert-OH is 1. The highest BCUT2D eigenvalue weighted by molar-refractivity contribution is 5.50. The molecule has 1 aliphatic rings. The van der Waals surface area contributed by atoms with Crippen molar-refractivity contribution in [3.63, 3.8) is 0 Å². The van der Waals surface area contributed by atoms with E-state index < -0.39 is 0 Å². The van der Waals surface area contributed by atoms with Crippen molar-refractivity contribution in [2.24, 2.45) is 0 Å². The first-order valence-electron chi connectivity index (χ1n) is 4.77. The van der Waals surface area contributed by atoms with Gasteiger partial charge in [-0.15, -0.1) is 0 Å². The largest absolute Gasteiger partial charge is 0.392 e. The van der Waals surface area contributed by atoms with Gasteiger partial charge in [-0.3, -0.25) is 0 Å². The van der Waals surface area contributed by atoms with E-state index in [1.54, 1.807) is 0 Å². The molecular weight excluding hydrogens is 162 g/mol. The van der Waals surface area contributed by atoms with Crippen LogP contribution in [0.5, 0.6) is 0 Å². The minimum atomic E-state index is 0.135. The Bertz CT molecular complexity index is 281. The predicted octanol–water partition coefficient (Wildman–Crippen LogP) is 1.78. The molecule has 0 aliphatic carbocycles. The highest BCUT2D eigenvalue weighted by Gasteiger charge is 2.22. The van der Waals surface area contributed by atoms with Crippen molar-refractivity contribution >= 4 is 5.69 Å². The van der Waals surface area contributed by atoms with Gasteiger partial charge in [0.2, 0.25) is 0 Å². The Labute approximate surface area is 78.8 Å². The topological polar surface area (TPSA) is 23.5 Å². The molecule has 70 valence electrons. The van der Waals surface area contributed by atoms with Crippen molar-refractivity contribution in [1.29, 1.82) is 0 Å². The molecule has 1 aromatic rings. The van der Waals surface area contributed by atoms with Crippen LogP contribution in [-0.4, -0.2) is 17.7 Å².